The zero-order valence-electron chi connectivity index (χ0n) is 18.1. The molecular formula is C24H23ClF2N4O2. The van der Waals surface area contributed by atoms with E-state index in [-0.39, 0.29) is 23.1 Å². The third-order valence-electron chi connectivity index (χ3n) is 7.39. The summed E-state index contributed by atoms with van der Waals surface area (Å²) in [7, 11) is 0. The van der Waals surface area contributed by atoms with Gasteiger partial charge < -0.3 is 9.64 Å². The van der Waals surface area contributed by atoms with Gasteiger partial charge in [0, 0.05) is 17.8 Å². The summed E-state index contributed by atoms with van der Waals surface area (Å²) < 4.78 is 36.7. The second-order valence-corrected chi connectivity index (χ2v) is 9.84. The van der Waals surface area contributed by atoms with Crippen LogP contribution in [0.4, 0.5) is 8.78 Å². The predicted octanol–water partition coefficient (Wildman–Crippen LogP) is 4.89. The van der Waals surface area contributed by atoms with E-state index in [1.807, 2.05) is 6.92 Å². The summed E-state index contributed by atoms with van der Waals surface area (Å²) in [5, 5.41) is 5.10. The van der Waals surface area contributed by atoms with E-state index in [1.165, 1.54) is 18.2 Å². The molecule has 3 aliphatic rings. The number of carbonyl (C=O) groups excluding carboxylic acids is 1. The average Bonchev–Trinajstić information content (AvgIpc) is 3.48. The smallest absolute Gasteiger partial charge is 0.258 e. The molecule has 6 nitrogen and oxygen atoms in total. The lowest BCUT2D eigenvalue weighted by Crippen LogP contribution is -2.38. The van der Waals surface area contributed by atoms with Crippen LogP contribution in [-0.4, -0.2) is 37.7 Å². The standard InChI is InChI=1S/C24H23ClF2N4O2/c1-12-18(25)9-28-23-17-10-30(11-19(17)29-31(12)23)24(32)16-5-4-15(26)8-20(16)33-21-7-13-2-3-14(6-13)22(21)27/h4-5,8-9,13-14,21-22H,2-3,6-7,10-11H2,1H3/t13?,14-,21+,22?/m1/s1. The highest BCUT2D eigenvalue weighted by molar-refractivity contribution is 6.31. The highest BCUT2D eigenvalue weighted by atomic mass is 35.5. The first-order valence-electron chi connectivity index (χ1n) is 11.3. The Morgan fingerprint density at radius 3 is 2.94 bits per heavy atom. The van der Waals surface area contributed by atoms with E-state index in [0.29, 0.717) is 36.1 Å². The minimum absolute atomic E-state index is 0.00384. The van der Waals surface area contributed by atoms with Crippen LogP contribution in [0.2, 0.25) is 5.02 Å². The highest BCUT2D eigenvalue weighted by Crippen LogP contribution is 2.45. The van der Waals surface area contributed by atoms with Crippen LogP contribution < -0.4 is 4.74 Å². The van der Waals surface area contributed by atoms with Crippen LogP contribution in [0.1, 0.15) is 53.0 Å². The number of carbonyl (C=O) groups is 1. The van der Waals surface area contributed by atoms with Gasteiger partial charge in [-0.05, 0) is 56.6 Å². The van der Waals surface area contributed by atoms with Gasteiger partial charge in [-0.2, -0.15) is 5.10 Å². The van der Waals surface area contributed by atoms with Crippen LogP contribution >= 0.6 is 11.6 Å². The molecular weight excluding hydrogens is 450 g/mol. The Bertz CT molecular complexity index is 1280. The average molecular weight is 473 g/mol. The molecule has 9 heteroatoms. The predicted molar refractivity (Wildman–Crippen MR) is 117 cm³/mol. The van der Waals surface area contributed by atoms with Crippen LogP contribution in [0.15, 0.2) is 24.4 Å². The Hall–Kier alpha value is -2.74. The number of aromatic nitrogens is 3. The number of fused-ring (bicyclic) bond motifs is 5. The van der Waals surface area contributed by atoms with Crippen molar-refractivity contribution in [3.05, 3.63) is 57.8 Å². The lowest BCUT2D eigenvalue weighted by Gasteiger charge is -2.32. The Kier molecular flexibility index (Phi) is 4.83. The maximum atomic E-state index is 15.0. The third kappa shape index (κ3) is 3.38. The molecule has 0 saturated heterocycles. The number of aryl methyl sites for hydroxylation is 1. The summed E-state index contributed by atoms with van der Waals surface area (Å²) in [6, 6.07) is 3.84. The minimum atomic E-state index is -1.10. The van der Waals surface area contributed by atoms with Gasteiger partial charge >= 0.3 is 0 Å². The first-order valence-corrected chi connectivity index (χ1v) is 11.7. The van der Waals surface area contributed by atoms with Gasteiger partial charge in [-0.1, -0.05) is 11.6 Å². The Labute approximate surface area is 194 Å². The Morgan fingerprint density at radius 1 is 1.24 bits per heavy atom. The molecule has 0 radical (unpaired) electrons. The van der Waals surface area contributed by atoms with Gasteiger partial charge in [0.25, 0.3) is 5.91 Å². The SMILES string of the molecule is Cc1c(Cl)cnc2c3c(nn12)CN(C(=O)c1ccc(F)cc1O[C@H]1CC2CC[C@H](C2)C1F)C3. The van der Waals surface area contributed by atoms with Gasteiger partial charge in [0.2, 0.25) is 0 Å². The molecule has 1 aromatic carbocycles. The molecule has 2 unspecified atom stereocenters. The number of rotatable bonds is 3. The fourth-order valence-electron chi connectivity index (χ4n) is 5.62. The van der Waals surface area contributed by atoms with E-state index < -0.39 is 18.1 Å². The summed E-state index contributed by atoms with van der Waals surface area (Å²) in [5.74, 6) is -0.283. The molecule has 1 aliphatic heterocycles. The first-order chi connectivity index (χ1) is 15.9. The molecule has 0 N–H and O–H groups in total. The summed E-state index contributed by atoms with van der Waals surface area (Å²) in [6.07, 6.45) is 3.20. The molecule has 4 atom stereocenters. The first kappa shape index (κ1) is 20.8. The molecule has 2 saturated carbocycles. The molecule has 172 valence electrons. The molecule has 2 aromatic heterocycles. The normalized spacial score (nSPS) is 26.1. The highest BCUT2D eigenvalue weighted by Gasteiger charge is 2.44. The summed E-state index contributed by atoms with van der Waals surface area (Å²) >= 11 is 6.15. The number of ether oxygens (including phenoxy) is 1. The van der Waals surface area contributed by atoms with Crippen molar-refractivity contribution in [3.63, 3.8) is 0 Å². The molecule has 3 aromatic rings. The number of alkyl halides is 1. The molecule has 6 rings (SSSR count). The lowest BCUT2D eigenvalue weighted by molar-refractivity contribution is 0.0244. The number of halogens is 3. The van der Waals surface area contributed by atoms with Gasteiger partial charge in [-0.3, -0.25) is 4.79 Å². The van der Waals surface area contributed by atoms with Gasteiger partial charge in [0.1, 0.15) is 23.8 Å². The van der Waals surface area contributed by atoms with E-state index in [0.717, 1.165) is 36.2 Å². The quantitative estimate of drug-likeness (QED) is 0.544. The zero-order valence-corrected chi connectivity index (χ0v) is 18.9. The van der Waals surface area contributed by atoms with Crippen LogP contribution in [0.3, 0.4) is 0 Å². The third-order valence-corrected chi connectivity index (χ3v) is 7.76. The van der Waals surface area contributed by atoms with Crippen LogP contribution in [0.5, 0.6) is 5.75 Å². The summed E-state index contributed by atoms with van der Waals surface area (Å²) in [4.78, 5) is 19.4. The summed E-state index contributed by atoms with van der Waals surface area (Å²) in [5.41, 5.74) is 3.29. The van der Waals surface area contributed by atoms with Crippen molar-refractivity contribution >= 4 is 23.2 Å². The van der Waals surface area contributed by atoms with E-state index >= 15 is 0 Å². The van der Waals surface area contributed by atoms with Gasteiger partial charge in [-0.25, -0.2) is 18.3 Å². The fraction of sp³-hybridized carbons (Fsp3) is 0.458. The Balaban J connectivity index is 1.27. The number of hydrogen-bond donors (Lipinski definition) is 0. The molecule has 2 bridgehead atoms. The lowest BCUT2D eigenvalue weighted by atomic mass is 9.85. The van der Waals surface area contributed by atoms with Crippen LogP contribution in [0, 0.1) is 24.6 Å². The summed E-state index contributed by atoms with van der Waals surface area (Å²) in [6.45, 7) is 2.48. The largest absolute Gasteiger partial charge is 0.486 e. The maximum Gasteiger partial charge on any atom is 0.258 e. The number of benzene rings is 1. The van der Waals surface area contributed by atoms with E-state index in [4.69, 9.17) is 16.3 Å². The maximum absolute atomic E-state index is 15.0. The van der Waals surface area contributed by atoms with Crippen molar-refractivity contribution in [3.8, 4) is 5.75 Å². The fourth-order valence-corrected chi connectivity index (χ4v) is 5.75. The van der Waals surface area contributed by atoms with Crippen molar-refractivity contribution in [2.24, 2.45) is 11.8 Å². The molecule has 33 heavy (non-hydrogen) atoms. The van der Waals surface area contributed by atoms with Crippen LogP contribution in [-0.2, 0) is 13.1 Å². The molecule has 2 fully saturated rings. The van der Waals surface area contributed by atoms with Crippen molar-refractivity contribution in [1.82, 2.24) is 19.5 Å². The molecule has 0 spiro atoms. The topological polar surface area (TPSA) is 59.7 Å². The zero-order chi connectivity index (χ0) is 22.9. The Morgan fingerprint density at radius 2 is 2.09 bits per heavy atom. The monoisotopic (exact) mass is 472 g/mol. The second-order valence-electron chi connectivity index (χ2n) is 9.43. The second kappa shape index (κ2) is 7.65. The van der Waals surface area contributed by atoms with E-state index in [9.17, 15) is 13.6 Å². The molecule has 1 amide bonds. The molecule has 2 aliphatic carbocycles. The minimum Gasteiger partial charge on any atom is -0.486 e. The number of hydrogen-bond acceptors (Lipinski definition) is 4. The molecule has 3 heterocycles. The van der Waals surface area contributed by atoms with Crippen molar-refractivity contribution < 1.29 is 18.3 Å². The van der Waals surface area contributed by atoms with E-state index in [2.05, 4.69) is 10.1 Å². The van der Waals surface area contributed by atoms with Gasteiger partial charge in [0.05, 0.1) is 35.1 Å². The van der Waals surface area contributed by atoms with E-state index in [1.54, 1.807) is 15.6 Å². The van der Waals surface area contributed by atoms with Crippen LogP contribution in [0.25, 0.3) is 5.65 Å². The number of nitrogens with zero attached hydrogens (tertiary/aromatic N) is 4. The van der Waals surface area contributed by atoms with Gasteiger partial charge in [0.15, 0.2) is 5.65 Å². The van der Waals surface area contributed by atoms with Gasteiger partial charge in [-0.15, -0.1) is 0 Å². The van der Waals surface area contributed by atoms with Crippen molar-refractivity contribution in [2.45, 2.75) is 58.0 Å². The number of amides is 1. The van der Waals surface area contributed by atoms with Crippen molar-refractivity contribution in [1.29, 1.82) is 0 Å². The van der Waals surface area contributed by atoms with Crippen molar-refractivity contribution in [2.75, 3.05) is 0 Å².